The topological polar surface area (TPSA) is 131 Å². The number of halogens is 2. The van der Waals surface area contributed by atoms with Gasteiger partial charge in [0, 0.05) is 43.3 Å². The number of carbonyl (C=O) groups excluding carboxylic acids is 1. The Balaban J connectivity index is 1.37. The summed E-state index contributed by atoms with van der Waals surface area (Å²) in [4.78, 5) is 27.3. The van der Waals surface area contributed by atoms with Crippen molar-refractivity contribution in [3.8, 4) is 0 Å². The average Bonchev–Trinajstić information content (AvgIpc) is 2.87. The van der Waals surface area contributed by atoms with Crippen molar-refractivity contribution >= 4 is 40.7 Å². The molecule has 1 aromatic heterocycles. The Bertz CT molecular complexity index is 1080. The SMILES string of the molecule is CCC1CN(c2nc(N)c(C(N)=O)nc2Cl)CCN1C1CCN(Cc2ccc(Cl)cc2CCN)CC1. The first-order valence-electron chi connectivity index (χ1n) is 12.6. The molecule has 0 aliphatic carbocycles. The minimum atomic E-state index is -0.734. The molecule has 1 unspecified atom stereocenters. The second-order valence-electron chi connectivity index (χ2n) is 9.64. The number of aromatic nitrogens is 2. The third-order valence-corrected chi connectivity index (χ3v) is 7.89. The number of amides is 1. The summed E-state index contributed by atoms with van der Waals surface area (Å²) >= 11 is 12.6. The predicted octanol–water partition coefficient (Wildman–Crippen LogP) is 2.53. The van der Waals surface area contributed by atoms with Crippen LogP contribution in [-0.4, -0.2) is 77.0 Å². The summed E-state index contributed by atoms with van der Waals surface area (Å²) < 4.78 is 0. The number of piperidine rings is 1. The molecule has 196 valence electrons. The van der Waals surface area contributed by atoms with E-state index >= 15 is 0 Å². The highest BCUT2D eigenvalue weighted by atomic mass is 35.5. The second kappa shape index (κ2) is 11.9. The summed E-state index contributed by atoms with van der Waals surface area (Å²) in [5, 5.41) is 0.926. The first-order chi connectivity index (χ1) is 17.3. The molecule has 0 radical (unpaired) electrons. The molecule has 9 nitrogen and oxygen atoms in total. The van der Waals surface area contributed by atoms with E-state index in [0.29, 0.717) is 24.4 Å². The average molecular weight is 536 g/mol. The Labute approximate surface area is 222 Å². The summed E-state index contributed by atoms with van der Waals surface area (Å²) in [5.74, 6) is -0.203. The number of carbonyl (C=O) groups is 1. The van der Waals surface area contributed by atoms with Crippen LogP contribution in [0.15, 0.2) is 18.2 Å². The molecule has 2 fully saturated rings. The molecule has 11 heteroatoms. The summed E-state index contributed by atoms with van der Waals surface area (Å²) in [6.45, 7) is 8.37. The van der Waals surface area contributed by atoms with Crippen LogP contribution >= 0.6 is 23.2 Å². The van der Waals surface area contributed by atoms with Crippen molar-refractivity contribution in [3.05, 3.63) is 45.2 Å². The van der Waals surface area contributed by atoms with Gasteiger partial charge in [-0.25, -0.2) is 9.97 Å². The monoisotopic (exact) mass is 534 g/mol. The molecule has 2 saturated heterocycles. The van der Waals surface area contributed by atoms with E-state index in [1.165, 1.54) is 11.1 Å². The number of hydrogen-bond donors (Lipinski definition) is 3. The van der Waals surface area contributed by atoms with Crippen LogP contribution in [0, 0.1) is 0 Å². The van der Waals surface area contributed by atoms with E-state index in [1.54, 1.807) is 0 Å². The van der Waals surface area contributed by atoms with Gasteiger partial charge in [-0.05, 0) is 68.6 Å². The van der Waals surface area contributed by atoms with E-state index in [0.717, 1.165) is 70.0 Å². The van der Waals surface area contributed by atoms with Crippen LogP contribution in [0.5, 0.6) is 0 Å². The van der Waals surface area contributed by atoms with E-state index in [1.807, 2.05) is 12.1 Å². The van der Waals surface area contributed by atoms with Crippen molar-refractivity contribution in [2.24, 2.45) is 11.5 Å². The molecule has 1 atom stereocenters. The third-order valence-electron chi connectivity index (χ3n) is 7.40. The number of nitrogen functional groups attached to an aromatic ring is 1. The molecule has 1 aromatic carbocycles. The van der Waals surface area contributed by atoms with Gasteiger partial charge in [-0.3, -0.25) is 14.6 Å². The Morgan fingerprint density at radius 3 is 2.53 bits per heavy atom. The van der Waals surface area contributed by atoms with Crippen LogP contribution < -0.4 is 22.1 Å². The first-order valence-corrected chi connectivity index (χ1v) is 13.4. The standard InChI is InChI=1S/C25H36Cl2N8O/c1-2-19-15-34(25-22(27)31-21(24(30)36)23(29)32-25)11-12-35(19)20-6-9-33(10-7-20)14-17-3-4-18(26)13-16(17)5-8-28/h3-4,13,19-20H,2,5-12,14-15,28H2,1H3,(H2,29,32)(H2,30,36). The van der Waals surface area contributed by atoms with Crippen molar-refractivity contribution in [2.75, 3.05) is 49.9 Å². The van der Waals surface area contributed by atoms with E-state index in [9.17, 15) is 4.79 Å². The van der Waals surface area contributed by atoms with Crippen LogP contribution in [0.25, 0.3) is 0 Å². The van der Waals surface area contributed by atoms with Crippen molar-refractivity contribution in [1.82, 2.24) is 19.8 Å². The fourth-order valence-corrected chi connectivity index (χ4v) is 5.94. The molecule has 0 saturated carbocycles. The van der Waals surface area contributed by atoms with Crippen LogP contribution in [0.1, 0.15) is 47.8 Å². The summed E-state index contributed by atoms with van der Waals surface area (Å²) in [6, 6.07) is 7.08. The van der Waals surface area contributed by atoms with E-state index in [-0.39, 0.29) is 16.7 Å². The number of hydrogen-bond acceptors (Lipinski definition) is 8. The number of primary amides is 1. The number of likely N-dealkylation sites (tertiary alicyclic amines) is 1. The number of anilines is 2. The van der Waals surface area contributed by atoms with Crippen LogP contribution in [0.3, 0.4) is 0 Å². The van der Waals surface area contributed by atoms with Gasteiger partial charge >= 0.3 is 0 Å². The van der Waals surface area contributed by atoms with Crippen molar-refractivity contribution in [2.45, 2.75) is 51.2 Å². The van der Waals surface area contributed by atoms with Crippen molar-refractivity contribution in [3.63, 3.8) is 0 Å². The zero-order valence-electron chi connectivity index (χ0n) is 20.8. The molecule has 2 aliphatic heterocycles. The number of piperazine rings is 1. The van der Waals surface area contributed by atoms with Crippen molar-refractivity contribution in [1.29, 1.82) is 0 Å². The smallest absolute Gasteiger partial charge is 0.271 e. The molecular weight excluding hydrogens is 499 g/mol. The lowest BCUT2D eigenvalue weighted by atomic mass is 9.97. The number of nitrogens with zero attached hydrogens (tertiary/aromatic N) is 5. The molecule has 1 amide bonds. The fraction of sp³-hybridized carbons (Fsp3) is 0.560. The largest absolute Gasteiger partial charge is 0.382 e. The highest BCUT2D eigenvalue weighted by Gasteiger charge is 2.34. The normalized spacial score (nSPS) is 20.1. The Kier molecular flexibility index (Phi) is 8.90. The van der Waals surface area contributed by atoms with E-state index in [4.69, 9.17) is 40.4 Å². The van der Waals surface area contributed by atoms with Gasteiger partial charge in [-0.2, -0.15) is 0 Å². The van der Waals surface area contributed by atoms with Gasteiger partial charge in [0.2, 0.25) is 0 Å². The maximum absolute atomic E-state index is 11.5. The number of nitrogens with two attached hydrogens (primary N) is 3. The molecule has 0 bridgehead atoms. The molecule has 6 N–H and O–H groups in total. The lowest BCUT2D eigenvalue weighted by Gasteiger charge is -2.47. The first kappa shape index (κ1) is 26.9. The minimum absolute atomic E-state index is 0.0139. The zero-order valence-corrected chi connectivity index (χ0v) is 22.3. The second-order valence-corrected chi connectivity index (χ2v) is 10.4. The van der Waals surface area contributed by atoms with Gasteiger partial charge in [-0.15, -0.1) is 0 Å². The third kappa shape index (κ3) is 6.03. The quantitative estimate of drug-likeness (QED) is 0.470. The molecule has 3 heterocycles. The van der Waals surface area contributed by atoms with Gasteiger partial charge in [0.25, 0.3) is 5.91 Å². The maximum Gasteiger partial charge on any atom is 0.271 e. The van der Waals surface area contributed by atoms with Gasteiger partial charge in [-0.1, -0.05) is 36.2 Å². The number of rotatable bonds is 8. The molecule has 2 aliphatic rings. The highest BCUT2D eigenvalue weighted by Crippen LogP contribution is 2.30. The predicted molar refractivity (Wildman–Crippen MR) is 145 cm³/mol. The van der Waals surface area contributed by atoms with Crippen molar-refractivity contribution < 1.29 is 4.79 Å². The molecule has 0 spiro atoms. The molecule has 2 aromatic rings. The van der Waals surface area contributed by atoms with E-state index < -0.39 is 5.91 Å². The van der Waals surface area contributed by atoms with Crippen LogP contribution in [0.4, 0.5) is 11.6 Å². The maximum atomic E-state index is 11.5. The Morgan fingerprint density at radius 1 is 1.11 bits per heavy atom. The summed E-state index contributed by atoms with van der Waals surface area (Å²) in [6.07, 6.45) is 4.14. The minimum Gasteiger partial charge on any atom is -0.382 e. The molecule has 36 heavy (non-hydrogen) atoms. The van der Waals surface area contributed by atoms with Gasteiger partial charge < -0.3 is 22.1 Å². The van der Waals surface area contributed by atoms with Gasteiger partial charge in [0.05, 0.1) is 0 Å². The Hall–Kier alpha value is -2.17. The Morgan fingerprint density at radius 2 is 1.86 bits per heavy atom. The molecule has 4 rings (SSSR count). The lowest BCUT2D eigenvalue weighted by Crippen LogP contribution is -2.58. The van der Waals surface area contributed by atoms with E-state index in [2.05, 4.69) is 37.7 Å². The lowest BCUT2D eigenvalue weighted by molar-refractivity contribution is 0.0610. The number of benzene rings is 1. The zero-order chi connectivity index (χ0) is 25.8. The van der Waals surface area contributed by atoms with Gasteiger partial charge in [0.1, 0.15) is 0 Å². The highest BCUT2D eigenvalue weighted by molar-refractivity contribution is 6.32. The van der Waals surface area contributed by atoms with Crippen LogP contribution in [0.2, 0.25) is 10.2 Å². The fourth-order valence-electron chi connectivity index (χ4n) is 5.49. The molecular formula is C25H36Cl2N8O. The summed E-state index contributed by atoms with van der Waals surface area (Å²) in [5.41, 5.74) is 19.5. The van der Waals surface area contributed by atoms with Gasteiger partial charge in [0.15, 0.2) is 22.5 Å². The van der Waals surface area contributed by atoms with Crippen LogP contribution in [-0.2, 0) is 13.0 Å². The summed E-state index contributed by atoms with van der Waals surface area (Å²) in [7, 11) is 0.